The van der Waals surface area contributed by atoms with Gasteiger partial charge in [0.15, 0.2) is 0 Å². The first kappa shape index (κ1) is 18.6. The molecule has 2 heterocycles. The summed E-state index contributed by atoms with van der Waals surface area (Å²) in [5.41, 5.74) is 3.68. The van der Waals surface area contributed by atoms with Gasteiger partial charge in [0.25, 0.3) is 5.69 Å². The van der Waals surface area contributed by atoms with Crippen LogP contribution in [0.5, 0.6) is 0 Å². The number of aromatic amines is 1. The van der Waals surface area contributed by atoms with Gasteiger partial charge in [-0.15, -0.1) is 11.3 Å². The van der Waals surface area contributed by atoms with Crippen LogP contribution >= 0.6 is 11.3 Å². The maximum absolute atomic E-state index is 10.9. The molecule has 8 heteroatoms. The molecule has 144 valence electrons. The summed E-state index contributed by atoms with van der Waals surface area (Å²) in [4.78, 5) is 19.1. The topological polar surface area (TPSA) is 88.6 Å². The molecule has 0 amide bonds. The summed E-state index contributed by atoms with van der Waals surface area (Å²) in [6, 6.07) is 20.3. The number of thiazole rings is 1. The van der Waals surface area contributed by atoms with E-state index in [0.717, 1.165) is 27.3 Å². The summed E-state index contributed by atoms with van der Waals surface area (Å²) in [5, 5.41) is 17.5. The fraction of sp³-hybridized carbons (Fsp3) is 0.0476. The molecule has 0 saturated heterocycles. The molecule has 0 spiro atoms. The van der Waals surface area contributed by atoms with Crippen LogP contribution in [0, 0.1) is 10.1 Å². The highest BCUT2D eigenvalue weighted by Crippen LogP contribution is 2.23. The number of rotatable bonds is 6. The summed E-state index contributed by atoms with van der Waals surface area (Å²) in [7, 11) is 0. The summed E-state index contributed by atoms with van der Waals surface area (Å²) in [6.07, 6.45) is 3.56. The third-order valence-electron chi connectivity index (χ3n) is 4.23. The minimum Gasteiger partial charge on any atom is -0.360 e. The Kier molecular flexibility index (Phi) is 5.44. The molecule has 0 fully saturated rings. The van der Waals surface area contributed by atoms with Crippen LogP contribution in [0.15, 0.2) is 88.4 Å². The van der Waals surface area contributed by atoms with E-state index in [-0.39, 0.29) is 5.69 Å². The van der Waals surface area contributed by atoms with Gasteiger partial charge in [-0.1, -0.05) is 30.3 Å². The molecule has 2 aromatic heterocycles. The first-order valence-electron chi connectivity index (χ1n) is 8.88. The Bertz CT molecular complexity index is 1190. The molecule has 0 bridgehead atoms. The van der Waals surface area contributed by atoms with Crippen LogP contribution in [0.1, 0.15) is 11.3 Å². The number of benzene rings is 2. The third kappa shape index (κ3) is 4.39. The number of nitro groups is 1. The van der Waals surface area contributed by atoms with Crippen molar-refractivity contribution in [1.82, 2.24) is 9.66 Å². The molecule has 4 rings (SSSR count). The molecule has 0 atom stereocenters. The second kappa shape index (κ2) is 8.49. The Morgan fingerprint density at radius 3 is 2.55 bits per heavy atom. The maximum atomic E-state index is 10.9. The molecule has 4 aromatic rings. The Morgan fingerprint density at radius 2 is 1.86 bits per heavy atom. The molecular formula is C21H17N5O2S. The van der Waals surface area contributed by atoms with E-state index in [1.54, 1.807) is 23.0 Å². The number of nitrogens with one attached hydrogen (secondary N) is 1. The van der Waals surface area contributed by atoms with Crippen molar-refractivity contribution < 1.29 is 4.92 Å². The molecule has 0 aliphatic heterocycles. The molecule has 0 radical (unpaired) electrons. The monoisotopic (exact) mass is 403 g/mol. The number of H-pyrrole nitrogens is 1. The predicted octanol–water partition coefficient (Wildman–Crippen LogP) is 4.44. The minimum absolute atomic E-state index is 0.0550. The van der Waals surface area contributed by atoms with Gasteiger partial charge in [0.2, 0.25) is 4.80 Å². The molecule has 0 aliphatic rings. The summed E-state index contributed by atoms with van der Waals surface area (Å²) >= 11 is 1.48. The highest BCUT2D eigenvalue weighted by molar-refractivity contribution is 7.07. The van der Waals surface area contributed by atoms with Crippen molar-refractivity contribution in [2.24, 2.45) is 10.1 Å². The van der Waals surface area contributed by atoms with Gasteiger partial charge in [-0.25, -0.2) is 4.68 Å². The van der Waals surface area contributed by atoms with Crippen molar-refractivity contribution in [2.45, 2.75) is 6.54 Å². The van der Waals surface area contributed by atoms with Crippen LogP contribution in [0.3, 0.4) is 0 Å². The maximum Gasteiger partial charge on any atom is 0.269 e. The number of nitrogens with zero attached hydrogens (tertiary/aromatic N) is 4. The van der Waals surface area contributed by atoms with Gasteiger partial charge in [-0.2, -0.15) is 5.10 Å². The SMILES string of the molecule is O=[N+]([O-])c1ccc(-c2csc(=NCc3ccccc3)n2N=Cc2ccc[nH]2)cc1. The Hall–Kier alpha value is -3.78. The zero-order chi connectivity index (χ0) is 20.1. The van der Waals surface area contributed by atoms with Gasteiger partial charge in [0, 0.05) is 29.3 Å². The van der Waals surface area contributed by atoms with Crippen molar-refractivity contribution in [3.63, 3.8) is 0 Å². The molecule has 1 N–H and O–H groups in total. The molecule has 7 nitrogen and oxygen atoms in total. The van der Waals surface area contributed by atoms with Gasteiger partial charge < -0.3 is 4.98 Å². The first-order valence-corrected chi connectivity index (χ1v) is 9.76. The highest BCUT2D eigenvalue weighted by Gasteiger charge is 2.10. The van der Waals surface area contributed by atoms with Crippen molar-refractivity contribution in [2.75, 3.05) is 0 Å². The van der Waals surface area contributed by atoms with E-state index in [2.05, 4.69) is 10.1 Å². The summed E-state index contributed by atoms with van der Waals surface area (Å²) < 4.78 is 1.76. The highest BCUT2D eigenvalue weighted by atomic mass is 32.1. The van der Waals surface area contributed by atoms with E-state index in [4.69, 9.17) is 4.99 Å². The first-order chi connectivity index (χ1) is 14.2. The van der Waals surface area contributed by atoms with Gasteiger partial charge in [0.1, 0.15) is 0 Å². The van der Waals surface area contributed by atoms with Crippen LogP contribution in [0.25, 0.3) is 11.3 Å². The average Bonchev–Trinajstić information content (AvgIpc) is 3.41. The van der Waals surface area contributed by atoms with Gasteiger partial charge in [-0.05, 0) is 29.8 Å². The summed E-state index contributed by atoms with van der Waals surface area (Å²) in [6.45, 7) is 0.541. The van der Waals surface area contributed by atoms with Gasteiger partial charge >= 0.3 is 0 Å². The smallest absolute Gasteiger partial charge is 0.269 e. The van der Waals surface area contributed by atoms with Crippen molar-refractivity contribution in [1.29, 1.82) is 0 Å². The van der Waals surface area contributed by atoms with E-state index < -0.39 is 4.92 Å². The number of nitro benzene ring substituents is 1. The van der Waals surface area contributed by atoms with Crippen LogP contribution in [-0.2, 0) is 6.54 Å². The fourth-order valence-corrected chi connectivity index (χ4v) is 3.60. The van der Waals surface area contributed by atoms with Gasteiger partial charge in [-0.3, -0.25) is 15.1 Å². The van der Waals surface area contributed by atoms with E-state index in [1.165, 1.54) is 23.5 Å². The lowest BCUT2D eigenvalue weighted by molar-refractivity contribution is -0.384. The lowest BCUT2D eigenvalue weighted by Gasteiger charge is -2.03. The molecular weight excluding hydrogens is 386 g/mol. The predicted molar refractivity (Wildman–Crippen MR) is 114 cm³/mol. The zero-order valence-corrected chi connectivity index (χ0v) is 16.1. The summed E-state index contributed by atoms with van der Waals surface area (Å²) in [5.74, 6) is 0. The van der Waals surface area contributed by atoms with Crippen LogP contribution in [-0.4, -0.2) is 20.8 Å². The molecule has 0 unspecified atom stereocenters. The van der Waals surface area contributed by atoms with E-state index in [0.29, 0.717) is 6.54 Å². The lowest BCUT2D eigenvalue weighted by atomic mass is 10.1. The van der Waals surface area contributed by atoms with Crippen molar-refractivity contribution >= 4 is 23.2 Å². The minimum atomic E-state index is -0.407. The normalized spacial score (nSPS) is 11.9. The number of hydrogen-bond acceptors (Lipinski definition) is 5. The largest absolute Gasteiger partial charge is 0.360 e. The number of hydrogen-bond donors (Lipinski definition) is 1. The quantitative estimate of drug-likeness (QED) is 0.293. The van der Waals surface area contributed by atoms with Crippen LogP contribution in [0.2, 0.25) is 0 Å². The van der Waals surface area contributed by atoms with Gasteiger partial charge in [0.05, 0.1) is 29.1 Å². The standard InChI is InChI=1S/C21H17N5O2S/c27-26(28)19-10-8-17(9-11-19)20-15-29-21(23-13-16-5-2-1-3-6-16)25(20)24-14-18-7-4-12-22-18/h1-12,14-15,22H,13H2. The molecule has 0 aliphatic carbocycles. The Balaban J connectivity index is 1.74. The second-order valence-electron chi connectivity index (χ2n) is 6.19. The number of non-ortho nitro benzene ring substituents is 1. The van der Waals surface area contributed by atoms with E-state index in [1.807, 2.05) is 54.0 Å². The zero-order valence-electron chi connectivity index (χ0n) is 15.3. The Morgan fingerprint density at radius 1 is 1.07 bits per heavy atom. The molecule has 2 aromatic carbocycles. The molecule has 29 heavy (non-hydrogen) atoms. The van der Waals surface area contributed by atoms with E-state index >= 15 is 0 Å². The third-order valence-corrected chi connectivity index (χ3v) is 5.09. The average molecular weight is 403 g/mol. The van der Waals surface area contributed by atoms with Crippen molar-refractivity contribution in [3.05, 3.63) is 104 Å². The van der Waals surface area contributed by atoms with Crippen LogP contribution < -0.4 is 4.80 Å². The number of aromatic nitrogens is 2. The lowest BCUT2D eigenvalue weighted by Crippen LogP contribution is -2.12. The molecule has 0 saturated carbocycles. The fourth-order valence-electron chi connectivity index (χ4n) is 2.76. The Labute approximate surface area is 170 Å². The van der Waals surface area contributed by atoms with Crippen molar-refractivity contribution in [3.8, 4) is 11.3 Å². The van der Waals surface area contributed by atoms with Crippen LogP contribution in [0.4, 0.5) is 5.69 Å². The second-order valence-corrected chi connectivity index (χ2v) is 7.03. The van der Waals surface area contributed by atoms with E-state index in [9.17, 15) is 10.1 Å².